The SMILES string of the molecule is COc1cccc(CCC[C@H](C)[C@H](O)/C=C/[C@H]2CC(F)(F)C(=O)N2CCCCCCC(=O)O)c1. The van der Waals surface area contributed by atoms with Gasteiger partial charge in [-0.25, -0.2) is 0 Å². The highest BCUT2D eigenvalue weighted by molar-refractivity contribution is 5.86. The molecule has 1 aliphatic rings. The van der Waals surface area contributed by atoms with Crippen molar-refractivity contribution in [2.75, 3.05) is 13.7 Å². The van der Waals surface area contributed by atoms with Gasteiger partial charge in [-0.2, -0.15) is 8.78 Å². The highest BCUT2D eigenvalue weighted by Gasteiger charge is 2.52. The number of amides is 1. The van der Waals surface area contributed by atoms with Gasteiger partial charge in [-0.15, -0.1) is 0 Å². The molecule has 0 aliphatic carbocycles. The first-order valence-electron chi connectivity index (χ1n) is 12.0. The van der Waals surface area contributed by atoms with Gasteiger partial charge in [0, 0.05) is 19.4 Å². The van der Waals surface area contributed by atoms with Gasteiger partial charge in [0.15, 0.2) is 0 Å². The van der Waals surface area contributed by atoms with Crippen LogP contribution in [-0.2, 0) is 16.0 Å². The van der Waals surface area contributed by atoms with Crippen LogP contribution in [0.3, 0.4) is 0 Å². The predicted molar refractivity (Wildman–Crippen MR) is 126 cm³/mol. The number of carboxylic acid groups (broad SMARTS) is 1. The van der Waals surface area contributed by atoms with Gasteiger partial charge in [-0.05, 0) is 55.7 Å². The van der Waals surface area contributed by atoms with Gasteiger partial charge in [0.1, 0.15) is 5.75 Å². The minimum atomic E-state index is -3.40. The second-order valence-corrected chi connectivity index (χ2v) is 9.13. The first kappa shape index (κ1) is 27.8. The van der Waals surface area contributed by atoms with E-state index in [0.29, 0.717) is 25.7 Å². The molecule has 0 radical (unpaired) electrons. The van der Waals surface area contributed by atoms with Gasteiger partial charge >= 0.3 is 11.9 Å². The number of alkyl halides is 2. The van der Waals surface area contributed by atoms with Gasteiger partial charge < -0.3 is 19.8 Å². The number of benzene rings is 1. The van der Waals surface area contributed by atoms with Crippen LogP contribution in [0.15, 0.2) is 36.4 Å². The van der Waals surface area contributed by atoms with Crippen molar-refractivity contribution in [2.45, 2.75) is 82.8 Å². The molecule has 1 aliphatic heterocycles. The van der Waals surface area contributed by atoms with E-state index in [-0.39, 0.29) is 18.9 Å². The largest absolute Gasteiger partial charge is 0.497 e. The molecule has 1 fully saturated rings. The fraction of sp³-hybridized carbons (Fsp3) is 0.615. The summed E-state index contributed by atoms with van der Waals surface area (Å²) in [6.07, 6.45) is 6.69. The summed E-state index contributed by atoms with van der Waals surface area (Å²) >= 11 is 0. The van der Waals surface area contributed by atoms with Gasteiger partial charge in [0.2, 0.25) is 0 Å². The number of aliphatic hydroxyl groups is 1. The minimum Gasteiger partial charge on any atom is -0.497 e. The molecular weight excluding hydrogens is 444 g/mol. The van der Waals surface area contributed by atoms with Crippen molar-refractivity contribution in [3.05, 3.63) is 42.0 Å². The fourth-order valence-corrected chi connectivity index (χ4v) is 4.23. The predicted octanol–water partition coefficient (Wildman–Crippen LogP) is 4.84. The van der Waals surface area contributed by atoms with Crippen molar-refractivity contribution in [1.29, 1.82) is 0 Å². The third-order valence-electron chi connectivity index (χ3n) is 6.35. The monoisotopic (exact) mass is 481 g/mol. The number of carboxylic acids is 1. The zero-order chi connectivity index (χ0) is 25.1. The van der Waals surface area contributed by atoms with E-state index in [9.17, 15) is 23.5 Å². The van der Waals surface area contributed by atoms with E-state index in [1.165, 1.54) is 17.1 Å². The standard InChI is InChI=1S/C26H37F2NO5/c1-19(9-7-10-20-11-8-12-22(17-20)34-2)23(30)15-14-21-18-26(27,28)25(33)29(21)16-6-4-3-5-13-24(31)32/h8,11-12,14-15,17,19,21,23,30H,3-7,9-10,13,16,18H2,1-2H3,(H,31,32)/b15-14+/t19-,21-,23+/m0/s1. The fourth-order valence-electron chi connectivity index (χ4n) is 4.23. The first-order chi connectivity index (χ1) is 16.1. The van der Waals surface area contributed by atoms with Crippen LogP contribution in [0.1, 0.15) is 63.9 Å². The summed E-state index contributed by atoms with van der Waals surface area (Å²) in [6.45, 7) is 2.12. The molecule has 34 heavy (non-hydrogen) atoms. The van der Waals surface area contributed by atoms with Crippen molar-refractivity contribution in [3.63, 3.8) is 0 Å². The van der Waals surface area contributed by atoms with Crippen LogP contribution in [0.5, 0.6) is 5.75 Å². The van der Waals surface area contributed by atoms with Crippen LogP contribution in [-0.4, -0.2) is 58.7 Å². The average molecular weight is 482 g/mol. The van der Waals surface area contributed by atoms with Crippen LogP contribution >= 0.6 is 0 Å². The molecule has 0 bridgehead atoms. The summed E-state index contributed by atoms with van der Waals surface area (Å²) in [4.78, 5) is 23.9. The normalized spacial score (nSPS) is 19.5. The number of halogens is 2. The molecule has 1 aromatic rings. The Kier molecular flexibility index (Phi) is 11.0. The van der Waals surface area contributed by atoms with E-state index in [0.717, 1.165) is 30.6 Å². The van der Waals surface area contributed by atoms with Crippen molar-refractivity contribution < 1.29 is 33.3 Å². The van der Waals surface area contributed by atoms with Crippen molar-refractivity contribution in [1.82, 2.24) is 4.90 Å². The zero-order valence-corrected chi connectivity index (χ0v) is 20.1. The number of hydrogen-bond acceptors (Lipinski definition) is 4. The average Bonchev–Trinajstić information content (AvgIpc) is 3.02. The van der Waals surface area contributed by atoms with Crippen LogP contribution < -0.4 is 4.74 Å². The van der Waals surface area contributed by atoms with E-state index in [1.807, 2.05) is 31.2 Å². The number of aliphatic carboxylic acids is 1. The highest BCUT2D eigenvalue weighted by atomic mass is 19.3. The van der Waals surface area contributed by atoms with Gasteiger partial charge in [0.05, 0.1) is 19.3 Å². The number of carbonyl (C=O) groups excluding carboxylic acids is 1. The molecule has 8 heteroatoms. The maximum absolute atomic E-state index is 14.1. The molecule has 0 aromatic heterocycles. The van der Waals surface area contributed by atoms with Gasteiger partial charge in [-0.3, -0.25) is 9.59 Å². The Bertz CT molecular complexity index is 829. The van der Waals surface area contributed by atoms with E-state index in [1.54, 1.807) is 7.11 Å². The summed E-state index contributed by atoms with van der Waals surface area (Å²) in [7, 11) is 1.63. The van der Waals surface area contributed by atoms with Gasteiger partial charge in [0.25, 0.3) is 5.91 Å². The molecule has 0 spiro atoms. The van der Waals surface area contributed by atoms with Crippen LogP contribution in [0.25, 0.3) is 0 Å². The van der Waals surface area contributed by atoms with Crippen LogP contribution in [0.2, 0.25) is 0 Å². The molecule has 1 heterocycles. The smallest absolute Gasteiger partial charge is 0.327 e. The number of likely N-dealkylation sites (tertiary alicyclic amines) is 1. The zero-order valence-electron chi connectivity index (χ0n) is 20.1. The number of methoxy groups -OCH3 is 1. The third-order valence-corrected chi connectivity index (χ3v) is 6.35. The topological polar surface area (TPSA) is 87.1 Å². The van der Waals surface area contributed by atoms with Crippen molar-refractivity contribution >= 4 is 11.9 Å². The van der Waals surface area contributed by atoms with E-state index in [2.05, 4.69) is 0 Å². The molecule has 0 unspecified atom stereocenters. The molecule has 190 valence electrons. The summed E-state index contributed by atoms with van der Waals surface area (Å²) in [6, 6.07) is 7.09. The number of aryl methyl sites for hydroxylation is 1. The maximum Gasteiger partial charge on any atom is 0.327 e. The number of hydrogen-bond donors (Lipinski definition) is 2. The minimum absolute atomic E-state index is 0.0536. The Morgan fingerprint density at radius 2 is 2.00 bits per heavy atom. The Morgan fingerprint density at radius 1 is 1.26 bits per heavy atom. The van der Waals surface area contributed by atoms with Crippen LogP contribution in [0.4, 0.5) is 8.78 Å². The Hall–Kier alpha value is -2.48. The molecule has 3 atom stereocenters. The number of rotatable bonds is 15. The summed E-state index contributed by atoms with van der Waals surface area (Å²) in [5.41, 5.74) is 1.15. The molecule has 2 N–H and O–H groups in total. The quantitative estimate of drug-likeness (QED) is 0.276. The first-order valence-corrected chi connectivity index (χ1v) is 12.0. The second-order valence-electron chi connectivity index (χ2n) is 9.13. The number of nitrogens with zero attached hydrogens (tertiary/aromatic N) is 1. The molecule has 2 rings (SSSR count). The number of carbonyl (C=O) groups is 2. The van der Waals surface area contributed by atoms with E-state index in [4.69, 9.17) is 9.84 Å². The number of aliphatic hydroxyl groups excluding tert-OH is 1. The van der Waals surface area contributed by atoms with E-state index < -0.39 is 36.4 Å². The van der Waals surface area contributed by atoms with Crippen LogP contribution in [0, 0.1) is 5.92 Å². The molecule has 1 aromatic carbocycles. The molecular formula is C26H37F2NO5. The highest BCUT2D eigenvalue weighted by Crippen LogP contribution is 2.34. The molecule has 6 nitrogen and oxygen atoms in total. The Balaban J connectivity index is 1.82. The summed E-state index contributed by atoms with van der Waals surface area (Å²) in [5.74, 6) is -4.67. The van der Waals surface area contributed by atoms with Crippen molar-refractivity contribution in [2.24, 2.45) is 5.92 Å². The Labute approximate surface area is 200 Å². The number of ether oxygens (including phenoxy) is 1. The summed E-state index contributed by atoms with van der Waals surface area (Å²) in [5, 5.41) is 19.2. The van der Waals surface area contributed by atoms with Gasteiger partial charge in [-0.1, -0.05) is 44.1 Å². The lowest BCUT2D eigenvalue weighted by molar-refractivity contribution is -0.148. The molecule has 1 amide bonds. The third kappa shape index (κ3) is 8.70. The lowest BCUT2D eigenvalue weighted by Gasteiger charge is -2.22. The van der Waals surface area contributed by atoms with Crippen molar-refractivity contribution in [3.8, 4) is 5.75 Å². The second kappa shape index (κ2) is 13.4. The Morgan fingerprint density at radius 3 is 2.71 bits per heavy atom. The summed E-state index contributed by atoms with van der Waals surface area (Å²) < 4.78 is 33.4. The number of unbranched alkanes of at least 4 members (excludes halogenated alkanes) is 3. The molecule has 1 saturated heterocycles. The van der Waals surface area contributed by atoms with E-state index >= 15 is 0 Å². The molecule has 0 saturated carbocycles. The lowest BCUT2D eigenvalue weighted by Crippen LogP contribution is -2.36. The maximum atomic E-state index is 14.1. The lowest BCUT2D eigenvalue weighted by atomic mass is 9.95.